The van der Waals surface area contributed by atoms with Crippen LogP contribution in [0.2, 0.25) is 10.0 Å². The highest BCUT2D eigenvalue weighted by Crippen LogP contribution is 2.25. The van der Waals surface area contributed by atoms with Crippen LogP contribution in [-0.2, 0) is 9.53 Å². The average Bonchev–Trinajstić information content (AvgIpc) is 2.93. The van der Waals surface area contributed by atoms with Crippen LogP contribution in [0.15, 0.2) is 34.9 Å². The molecule has 2 rings (SSSR count). The summed E-state index contributed by atoms with van der Waals surface area (Å²) in [6, 6.07) is 6.29. The number of carbonyl (C=O) groups excluding carboxylic acids is 2. The molecule has 23 heavy (non-hydrogen) atoms. The summed E-state index contributed by atoms with van der Waals surface area (Å²) >= 11 is 11.8. The fraction of sp³-hybridized carbons (Fsp3) is 0.250. The smallest absolute Gasteiger partial charge is 0.342 e. The molecule has 0 aliphatic carbocycles. The van der Waals surface area contributed by atoms with E-state index in [0.29, 0.717) is 21.4 Å². The number of aryl methyl sites for hydroxylation is 1. The highest BCUT2D eigenvalue weighted by molar-refractivity contribution is 6.42. The molecule has 0 aliphatic heterocycles. The summed E-state index contributed by atoms with van der Waals surface area (Å²) in [4.78, 5) is 23.6. The normalized spacial score (nSPS) is 11.8. The topological polar surface area (TPSA) is 68.5 Å². The van der Waals surface area contributed by atoms with Crippen molar-refractivity contribution in [1.29, 1.82) is 0 Å². The second-order valence-electron chi connectivity index (χ2n) is 4.93. The number of rotatable bonds is 5. The van der Waals surface area contributed by atoms with Gasteiger partial charge in [-0.15, -0.1) is 0 Å². The SMILES string of the molecule is Cc1occc1C(=O)OCC(=O)N[C@@H](C)c1ccc(Cl)c(Cl)c1. The molecule has 0 saturated heterocycles. The van der Waals surface area contributed by atoms with Crippen molar-refractivity contribution in [3.63, 3.8) is 0 Å². The van der Waals surface area contributed by atoms with Gasteiger partial charge in [-0.2, -0.15) is 0 Å². The van der Waals surface area contributed by atoms with E-state index in [1.54, 1.807) is 32.0 Å². The minimum absolute atomic E-state index is 0.299. The molecule has 1 aromatic heterocycles. The molecule has 0 bridgehead atoms. The molecular formula is C16H15Cl2NO4. The lowest BCUT2D eigenvalue weighted by atomic mass is 10.1. The number of esters is 1. The van der Waals surface area contributed by atoms with Crippen LogP contribution in [0, 0.1) is 6.92 Å². The van der Waals surface area contributed by atoms with Crippen molar-refractivity contribution in [1.82, 2.24) is 5.32 Å². The molecule has 7 heteroatoms. The van der Waals surface area contributed by atoms with Crippen molar-refractivity contribution in [3.05, 3.63) is 57.5 Å². The van der Waals surface area contributed by atoms with Gasteiger partial charge in [-0.05, 0) is 37.6 Å². The van der Waals surface area contributed by atoms with E-state index in [-0.39, 0.29) is 12.6 Å². The van der Waals surface area contributed by atoms with Crippen LogP contribution in [0.5, 0.6) is 0 Å². The quantitative estimate of drug-likeness (QED) is 0.825. The van der Waals surface area contributed by atoms with Gasteiger partial charge in [-0.25, -0.2) is 4.79 Å². The lowest BCUT2D eigenvalue weighted by Crippen LogP contribution is -2.31. The van der Waals surface area contributed by atoms with Crippen molar-refractivity contribution < 1.29 is 18.7 Å². The predicted octanol–water partition coefficient (Wildman–Crippen LogP) is 3.93. The Hall–Kier alpha value is -1.98. The lowest BCUT2D eigenvalue weighted by molar-refractivity contribution is -0.124. The Balaban J connectivity index is 1.88. The number of carbonyl (C=O) groups is 2. The molecule has 1 N–H and O–H groups in total. The van der Waals surface area contributed by atoms with Crippen LogP contribution >= 0.6 is 23.2 Å². The fourth-order valence-corrected chi connectivity index (χ4v) is 2.26. The summed E-state index contributed by atoms with van der Waals surface area (Å²) in [5, 5.41) is 3.57. The maximum atomic E-state index is 11.9. The van der Waals surface area contributed by atoms with Gasteiger partial charge in [0.05, 0.1) is 22.4 Å². The summed E-state index contributed by atoms with van der Waals surface area (Å²) in [6.07, 6.45) is 1.39. The van der Waals surface area contributed by atoms with Crippen LogP contribution in [0.25, 0.3) is 0 Å². The molecule has 0 spiro atoms. The minimum atomic E-state index is -0.603. The van der Waals surface area contributed by atoms with Gasteiger partial charge in [-0.1, -0.05) is 29.3 Å². The van der Waals surface area contributed by atoms with Gasteiger partial charge in [0, 0.05) is 0 Å². The minimum Gasteiger partial charge on any atom is -0.469 e. The Morgan fingerprint density at radius 3 is 2.61 bits per heavy atom. The van der Waals surface area contributed by atoms with Crippen LogP contribution < -0.4 is 5.32 Å². The Labute approximate surface area is 143 Å². The van der Waals surface area contributed by atoms with Gasteiger partial charge in [-0.3, -0.25) is 4.79 Å². The number of hydrogen-bond donors (Lipinski definition) is 1. The van der Waals surface area contributed by atoms with Crippen molar-refractivity contribution in [3.8, 4) is 0 Å². The van der Waals surface area contributed by atoms with E-state index in [1.807, 2.05) is 0 Å². The third kappa shape index (κ3) is 4.50. The summed E-state index contributed by atoms with van der Waals surface area (Å²) in [5.74, 6) is -0.578. The van der Waals surface area contributed by atoms with Crippen LogP contribution in [-0.4, -0.2) is 18.5 Å². The Bertz CT molecular complexity index is 727. The lowest BCUT2D eigenvalue weighted by Gasteiger charge is -2.15. The molecule has 1 amide bonds. The second kappa shape index (κ2) is 7.53. The Morgan fingerprint density at radius 1 is 1.26 bits per heavy atom. The number of nitrogens with one attached hydrogen (secondary N) is 1. The van der Waals surface area contributed by atoms with Crippen molar-refractivity contribution in [2.75, 3.05) is 6.61 Å². The summed E-state index contributed by atoms with van der Waals surface area (Å²) < 4.78 is 9.96. The van der Waals surface area contributed by atoms with Gasteiger partial charge in [0.1, 0.15) is 11.3 Å². The fourth-order valence-electron chi connectivity index (χ4n) is 1.95. The van der Waals surface area contributed by atoms with Crippen molar-refractivity contribution in [2.24, 2.45) is 0 Å². The van der Waals surface area contributed by atoms with E-state index in [2.05, 4.69) is 5.32 Å². The molecular weight excluding hydrogens is 341 g/mol. The number of amides is 1. The van der Waals surface area contributed by atoms with Gasteiger partial charge in [0.15, 0.2) is 6.61 Å². The molecule has 0 aliphatic rings. The van der Waals surface area contributed by atoms with Gasteiger partial charge < -0.3 is 14.5 Å². The van der Waals surface area contributed by atoms with Gasteiger partial charge in [0.25, 0.3) is 5.91 Å². The highest BCUT2D eigenvalue weighted by Gasteiger charge is 2.16. The molecule has 5 nitrogen and oxygen atoms in total. The third-order valence-electron chi connectivity index (χ3n) is 3.23. The van der Waals surface area contributed by atoms with E-state index in [0.717, 1.165) is 5.56 Å². The highest BCUT2D eigenvalue weighted by atomic mass is 35.5. The first-order valence-electron chi connectivity index (χ1n) is 6.84. The van der Waals surface area contributed by atoms with Crippen molar-refractivity contribution in [2.45, 2.75) is 19.9 Å². The zero-order valence-corrected chi connectivity index (χ0v) is 14.1. The first kappa shape index (κ1) is 17.4. The molecule has 0 fully saturated rings. The van der Waals surface area contributed by atoms with E-state index >= 15 is 0 Å². The molecule has 1 atom stereocenters. The average molecular weight is 356 g/mol. The number of halogens is 2. The molecule has 1 heterocycles. The van der Waals surface area contributed by atoms with E-state index in [1.165, 1.54) is 12.3 Å². The number of furan rings is 1. The van der Waals surface area contributed by atoms with E-state index in [4.69, 9.17) is 32.4 Å². The monoisotopic (exact) mass is 355 g/mol. The largest absolute Gasteiger partial charge is 0.469 e. The Morgan fingerprint density at radius 2 is 2.00 bits per heavy atom. The summed E-state index contributed by atoms with van der Waals surface area (Å²) in [5.41, 5.74) is 1.10. The number of ether oxygens (including phenoxy) is 1. The van der Waals surface area contributed by atoms with Crippen LogP contribution in [0.3, 0.4) is 0 Å². The second-order valence-corrected chi connectivity index (χ2v) is 5.74. The van der Waals surface area contributed by atoms with Crippen LogP contribution in [0.4, 0.5) is 0 Å². The van der Waals surface area contributed by atoms with E-state index < -0.39 is 11.9 Å². The summed E-state index contributed by atoms with van der Waals surface area (Å²) in [7, 11) is 0. The zero-order chi connectivity index (χ0) is 17.0. The van der Waals surface area contributed by atoms with E-state index in [9.17, 15) is 9.59 Å². The van der Waals surface area contributed by atoms with Crippen LogP contribution in [0.1, 0.15) is 34.6 Å². The maximum Gasteiger partial charge on any atom is 0.342 e. The molecule has 0 unspecified atom stereocenters. The standard InChI is InChI=1S/C16H15Cl2NO4/c1-9(11-3-4-13(17)14(18)7-11)19-15(20)8-23-16(21)12-5-6-22-10(12)2/h3-7,9H,8H2,1-2H3,(H,19,20)/t9-/m0/s1. The molecule has 2 aromatic rings. The molecule has 0 radical (unpaired) electrons. The first-order chi connectivity index (χ1) is 10.9. The molecule has 0 saturated carbocycles. The number of benzene rings is 1. The molecule has 122 valence electrons. The van der Waals surface area contributed by atoms with Gasteiger partial charge in [0.2, 0.25) is 0 Å². The number of hydrogen-bond acceptors (Lipinski definition) is 4. The zero-order valence-electron chi connectivity index (χ0n) is 12.6. The molecule has 1 aromatic carbocycles. The first-order valence-corrected chi connectivity index (χ1v) is 7.59. The van der Waals surface area contributed by atoms with Crippen molar-refractivity contribution >= 4 is 35.1 Å². The summed E-state index contributed by atoms with van der Waals surface area (Å²) in [6.45, 7) is 3.05. The maximum absolute atomic E-state index is 11.9. The predicted molar refractivity (Wildman–Crippen MR) is 86.7 cm³/mol. The Kier molecular flexibility index (Phi) is 5.69. The third-order valence-corrected chi connectivity index (χ3v) is 3.97. The van der Waals surface area contributed by atoms with Gasteiger partial charge >= 0.3 is 5.97 Å².